The Morgan fingerprint density at radius 1 is 0.871 bits per heavy atom. The van der Waals surface area contributed by atoms with E-state index in [0.717, 1.165) is 58.3 Å². The van der Waals surface area contributed by atoms with Crippen molar-refractivity contribution in [2.75, 3.05) is 13.1 Å². The van der Waals surface area contributed by atoms with Crippen molar-refractivity contribution >= 4 is 46.5 Å². The van der Waals surface area contributed by atoms with E-state index in [1.165, 1.54) is 0 Å². The topological polar surface area (TPSA) is 32.3 Å². The van der Waals surface area contributed by atoms with Crippen molar-refractivity contribution in [1.29, 1.82) is 0 Å². The molecule has 1 aliphatic carbocycles. The molecule has 0 unspecified atom stereocenters. The largest absolute Gasteiger partial charge is 0.387 e. The second-order valence-corrected chi connectivity index (χ2v) is 9.10. The third-order valence-electron chi connectivity index (χ3n) is 5.55. The summed E-state index contributed by atoms with van der Waals surface area (Å²) in [4.78, 5) is 0. The van der Waals surface area contributed by atoms with E-state index >= 15 is 0 Å². The molecule has 5 heteroatoms. The van der Waals surface area contributed by atoms with Crippen LogP contribution in [0, 0.1) is 0 Å². The fourth-order valence-corrected chi connectivity index (χ4v) is 4.56. The first kappa shape index (κ1) is 22.4. The van der Waals surface area contributed by atoms with Crippen LogP contribution in [-0.2, 0) is 0 Å². The lowest BCUT2D eigenvalue weighted by atomic mass is 9.95. The van der Waals surface area contributed by atoms with E-state index in [1.54, 1.807) is 0 Å². The van der Waals surface area contributed by atoms with Crippen molar-refractivity contribution in [2.24, 2.45) is 0 Å². The molecule has 4 rings (SSSR count). The lowest BCUT2D eigenvalue weighted by Gasteiger charge is -2.17. The first-order valence-electron chi connectivity index (χ1n) is 10.5. The first-order valence-corrected chi connectivity index (χ1v) is 11.6. The molecule has 3 aromatic rings. The molecule has 0 saturated carbocycles. The number of nitrogens with one attached hydrogen (secondary N) is 1. The predicted molar refractivity (Wildman–Crippen MR) is 133 cm³/mol. The maximum Gasteiger partial charge on any atom is 0.0921 e. The Kier molecular flexibility index (Phi) is 7.05. The second kappa shape index (κ2) is 9.77. The lowest BCUT2D eigenvalue weighted by molar-refractivity contribution is 0.175. The third-order valence-corrected chi connectivity index (χ3v) is 6.26. The molecule has 2 N–H and O–H groups in total. The van der Waals surface area contributed by atoms with Gasteiger partial charge in [-0.3, -0.25) is 0 Å². The average molecular weight is 473 g/mol. The summed E-state index contributed by atoms with van der Waals surface area (Å²) in [6.07, 6.45) is 3.64. The maximum atomic E-state index is 11.0. The molecule has 31 heavy (non-hydrogen) atoms. The van der Waals surface area contributed by atoms with Crippen LogP contribution in [-0.4, -0.2) is 18.2 Å². The van der Waals surface area contributed by atoms with Crippen LogP contribution in [0.2, 0.25) is 15.1 Å². The van der Waals surface area contributed by atoms with Crippen LogP contribution < -0.4 is 5.32 Å². The van der Waals surface area contributed by atoms with E-state index in [2.05, 4.69) is 18.3 Å². The van der Waals surface area contributed by atoms with Crippen LogP contribution in [0.15, 0.2) is 54.6 Å². The molecule has 1 atom stereocenters. The minimum absolute atomic E-state index is 0.478. The Bertz CT molecular complexity index is 1120. The molecule has 0 spiro atoms. The standard InChI is InChI=1S/C26H24Cl3NO/c1-2-3-10-30-15-25(31)24-14-19(29)13-23-21(11-16-4-6-17(27)7-5-16)22-12-18(28)8-9-20(22)26(23)24/h4-9,11-14,25,30-31H,2-3,10,15H2,1H3/b21-11-/t25-/m1/s1. The Morgan fingerprint density at radius 3 is 2.32 bits per heavy atom. The number of hydrogen-bond donors (Lipinski definition) is 2. The molecule has 0 heterocycles. The molecule has 0 aromatic heterocycles. The summed E-state index contributed by atoms with van der Waals surface area (Å²) in [5.74, 6) is 0. The lowest BCUT2D eigenvalue weighted by Crippen LogP contribution is -2.22. The van der Waals surface area contributed by atoms with Gasteiger partial charge in [-0.15, -0.1) is 0 Å². The van der Waals surface area contributed by atoms with Gasteiger partial charge in [0.1, 0.15) is 0 Å². The zero-order valence-corrected chi connectivity index (χ0v) is 19.5. The summed E-state index contributed by atoms with van der Waals surface area (Å²) in [5, 5.41) is 16.3. The number of halogens is 3. The van der Waals surface area contributed by atoms with Crippen molar-refractivity contribution in [2.45, 2.75) is 25.9 Å². The Labute approximate surface area is 198 Å². The van der Waals surface area contributed by atoms with E-state index in [-0.39, 0.29) is 0 Å². The molecule has 3 aromatic carbocycles. The van der Waals surface area contributed by atoms with Gasteiger partial charge in [0, 0.05) is 21.6 Å². The van der Waals surface area contributed by atoms with Crippen LogP contribution in [0.3, 0.4) is 0 Å². The fourth-order valence-electron chi connectivity index (χ4n) is 4.04. The summed E-state index contributed by atoms with van der Waals surface area (Å²) in [6.45, 7) is 3.51. The summed E-state index contributed by atoms with van der Waals surface area (Å²) in [5.41, 5.74) is 7.00. The molecule has 0 bridgehead atoms. The van der Waals surface area contributed by atoms with Gasteiger partial charge in [0.2, 0.25) is 0 Å². The molecular weight excluding hydrogens is 449 g/mol. The second-order valence-electron chi connectivity index (χ2n) is 7.79. The smallest absolute Gasteiger partial charge is 0.0921 e. The van der Waals surface area contributed by atoms with Gasteiger partial charge in [-0.1, -0.05) is 66.3 Å². The van der Waals surface area contributed by atoms with Crippen molar-refractivity contribution in [3.05, 3.63) is 91.9 Å². The number of unbranched alkanes of at least 4 members (excludes halogenated alkanes) is 1. The number of hydrogen-bond acceptors (Lipinski definition) is 2. The van der Waals surface area contributed by atoms with Crippen LogP contribution in [0.5, 0.6) is 0 Å². The van der Waals surface area contributed by atoms with Crippen LogP contribution in [0.4, 0.5) is 0 Å². The van der Waals surface area contributed by atoms with Crippen molar-refractivity contribution in [1.82, 2.24) is 5.32 Å². The molecule has 0 amide bonds. The number of fused-ring (bicyclic) bond motifs is 3. The van der Waals surface area contributed by atoms with Gasteiger partial charge in [0.25, 0.3) is 0 Å². The molecule has 2 nitrogen and oxygen atoms in total. The normalized spacial score (nSPS) is 14.5. The Balaban J connectivity index is 1.83. The molecule has 160 valence electrons. The molecule has 0 aliphatic heterocycles. The van der Waals surface area contributed by atoms with Gasteiger partial charge < -0.3 is 10.4 Å². The summed E-state index contributed by atoms with van der Waals surface area (Å²) in [6, 6.07) is 17.4. The number of aliphatic hydroxyl groups excluding tert-OH is 1. The van der Waals surface area contributed by atoms with Gasteiger partial charge in [-0.05, 0) is 94.4 Å². The fraction of sp³-hybridized carbons (Fsp3) is 0.231. The number of aliphatic hydroxyl groups is 1. The zero-order valence-electron chi connectivity index (χ0n) is 17.3. The summed E-state index contributed by atoms with van der Waals surface area (Å²) in [7, 11) is 0. The third kappa shape index (κ3) is 4.84. The highest BCUT2D eigenvalue weighted by atomic mass is 35.5. The van der Waals surface area contributed by atoms with E-state index in [0.29, 0.717) is 21.6 Å². The van der Waals surface area contributed by atoms with Crippen molar-refractivity contribution in [3.63, 3.8) is 0 Å². The van der Waals surface area contributed by atoms with Crippen LogP contribution in [0.25, 0.3) is 22.8 Å². The Hall–Kier alpha value is -1.81. The SMILES string of the molecule is CCCCNC[C@@H](O)c1cc(Cl)cc2c1-c1ccc(Cl)cc1/C2=C/c1ccc(Cl)cc1. The van der Waals surface area contributed by atoms with Crippen molar-refractivity contribution < 1.29 is 5.11 Å². The molecule has 0 fully saturated rings. The highest BCUT2D eigenvalue weighted by Gasteiger charge is 2.29. The van der Waals surface area contributed by atoms with Crippen LogP contribution >= 0.6 is 34.8 Å². The quantitative estimate of drug-likeness (QED) is 0.271. The van der Waals surface area contributed by atoms with Gasteiger partial charge in [-0.25, -0.2) is 0 Å². The zero-order chi connectivity index (χ0) is 22.0. The van der Waals surface area contributed by atoms with E-state index in [9.17, 15) is 5.11 Å². The van der Waals surface area contributed by atoms with Crippen molar-refractivity contribution in [3.8, 4) is 11.1 Å². The minimum Gasteiger partial charge on any atom is -0.387 e. The molecule has 0 radical (unpaired) electrons. The number of benzene rings is 3. The summed E-state index contributed by atoms with van der Waals surface area (Å²) < 4.78 is 0. The van der Waals surface area contributed by atoms with Gasteiger partial charge >= 0.3 is 0 Å². The highest BCUT2D eigenvalue weighted by Crippen LogP contribution is 2.49. The maximum absolute atomic E-state index is 11.0. The molecule has 0 saturated heterocycles. The van der Waals surface area contributed by atoms with Gasteiger partial charge in [0.15, 0.2) is 0 Å². The highest BCUT2D eigenvalue weighted by molar-refractivity contribution is 6.32. The van der Waals surface area contributed by atoms with Gasteiger partial charge in [-0.2, -0.15) is 0 Å². The van der Waals surface area contributed by atoms with E-state index in [4.69, 9.17) is 34.8 Å². The minimum atomic E-state index is -0.664. The van der Waals surface area contributed by atoms with Crippen LogP contribution in [0.1, 0.15) is 48.1 Å². The molecule has 1 aliphatic rings. The molecular formula is C26H24Cl3NO. The predicted octanol–water partition coefficient (Wildman–Crippen LogP) is 7.64. The Morgan fingerprint density at radius 2 is 1.58 bits per heavy atom. The first-order chi connectivity index (χ1) is 15.0. The average Bonchev–Trinajstić information content (AvgIpc) is 3.04. The summed E-state index contributed by atoms with van der Waals surface area (Å²) >= 11 is 18.9. The van der Waals surface area contributed by atoms with E-state index in [1.807, 2.05) is 54.6 Å². The van der Waals surface area contributed by atoms with Gasteiger partial charge in [0.05, 0.1) is 6.10 Å². The van der Waals surface area contributed by atoms with E-state index < -0.39 is 6.10 Å². The monoisotopic (exact) mass is 471 g/mol. The number of rotatable bonds is 7.